The fourth-order valence-electron chi connectivity index (χ4n) is 2.53. The first-order valence-corrected chi connectivity index (χ1v) is 9.88. The van der Waals surface area contributed by atoms with E-state index in [1.807, 2.05) is 49.4 Å². The van der Waals surface area contributed by atoms with Crippen molar-refractivity contribution in [3.05, 3.63) is 86.5 Å². The number of nitrogens with zero attached hydrogens (tertiary/aromatic N) is 3. The minimum Gasteiger partial charge on any atom is -0.490 e. The van der Waals surface area contributed by atoms with Crippen molar-refractivity contribution in [3.63, 3.8) is 0 Å². The Labute approximate surface area is 181 Å². The van der Waals surface area contributed by atoms with E-state index in [1.54, 1.807) is 6.21 Å². The zero-order valence-corrected chi connectivity index (χ0v) is 17.7. The van der Waals surface area contributed by atoms with Crippen LogP contribution in [0.3, 0.4) is 0 Å². The Balaban J connectivity index is 1.71. The summed E-state index contributed by atoms with van der Waals surface area (Å²) in [6.45, 7) is 2.80. The zero-order chi connectivity index (χ0) is 21.3. The third-order valence-corrected chi connectivity index (χ3v) is 4.50. The second kappa shape index (κ2) is 10.4. The van der Waals surface area contributed by atoms with E-state index >= 15 is 0 Å². The highest BCUT2D eigenvalue weighted by Gasteiger charge is 2.12. The molecule has 0 amide bonds. The van der Waals surface area contributed by atoms with Gasteiger partial charge in [-0.25, -0.2) is 4.98 Å². The van der Waals surface area contributed by atoms with E-state index in [4.69, 9.17) is 9.47 Å². The summed E-state index contributed by atoms with van der Waals surface area (Å²) in [6, 6.07) is 16.4. The SMILES string of the molecule is CCOc1cc(/C=N/Nc2ccc([N+](=O)[O-])cn2)cc(Br)c1OCc1ccccc1. The van der Waals surface area contributed by atoms with Crippen molar-refractivity contribution in [1.82, 2.24) is 4.98 Å². The van der Waals surface area contributed by atoms with Gasteiger partial charge in [0.05, 0.1) is 22.2 Å². The highest BCUT2D eigenvalue weighted by Crippen LogP contribution is 2.37. The molecule has 1 N–H and O–H groups in total. The summed E-state index contributed by atoms with van der Waals surface area (Å²) in [5, 5.41) is 14.8. The van der Waals surface area contributed by atoms with Gasteiger partial charge in [-0.3, -0.25) is 15.5 Å². The van der Waals surface area contributed by atoms with E-state index in [0.717, 1.165) is 15.6 Å². The normalized spacial score (nSPS) is 10.7. The van der Waals surface area contributed by atoms with Crippen LogP contribution >= 0.6 is 15.9 Å². The van der Waals surface area contributed by atoms with Gasteiger partial charge in [-0.05, 0) is 52.2 Å². The number of nitrogens with one attached hydrogen (secondary N) is 1. The third kappa shape index (κ3) is 5.77. The van der Waals surface area contributed by atoms with Crippen LogP contribution in [0.25, 0.3) is 0 Å². The van der Waals surface area contributed by atoms with E-state index < -0.39 is 4.92 Å². The van der Waals surface area contributed by atoms with E-state index in [0.29, 0.717) is 30.5 Å². The van der Waals surface area contributed by atoms with Crippen LogP contribution in [0.1, 0.15) is 18.1 Å². The van der Waals surface area contributed by atoms with Crippen molar-refractivity contribution in [1.29, 1.82) is 0 Å². The summed E-state index contributed by atoms with van der Waals surface area (Å²) in [6.07, 6.45) is 2.76. The summed E-state index contributed by atoms with van der Waals surface area (Å²) < 4.78 is 12.4. The fraction of sp³-hybridized carbons (Fsp3) is 0.143. The summed E-state index contributed by atoms with van der Waals surface area (Å²) in [4.78, 5) is 14.1. The molecule has 0 saturated carbocycles. The number of ether oxygens (including phenoxy) is 2. The molecule has 3 rings (SSSR count). The lowest BCUT2D eigenvalue weighted by Gasteiger charge is -2.14. The highest BCUT2D eigenvalue weighted by molar-refractivity contribution is 9.10. The second-order valence-electron chi connectivity index (χ2n) is 6.07. The highest BCUT2D eigenvalue weighted by atomic mass is 79.9. The van der Waals surface area contributed by atoms with Crippen LogP contribution < -0.4 is 14.9 Å². The number of hydrazone groups is 1. The lowest BCUT2D eigenvalue weighted by atomic mass is 10.2. The van der Waals surface area contributed by atoms with Crippen molar-refractivity contribution in [3.8, 4) is 11.5 Å². The van der Waals surface area contributed by atoms with Crippen LogP contribution in [0.2, 0.25) is 0 Å². The predicted octanol–water partition coefficient (Wildman–Crippen LogP) is 5.18. The van der Waals surface area contributed by atoms with Crippen LogP contribution in [0.5, 0.6) is 11.5 Å². The minimum absolute atomic E-state index is 0.0825. The average Bonchev–Trinajstić information content (AvgIpc) is 2.74. The van der Waals surface area contributed by atoms with Crippen LogP contribution in [-0.2, 0) is 6.61 Å². The number of pyridine rings is 1. The second-order valence-corrected chi connectivity index (χ2v) is 6.92. The molecule has 9 heteroatoms. The quantitative estimate of drug-likeness (QED) is 0.263. The van der Waals surface area contributed by atoms with Crippen molar-refractivity contribution in [2.24, 2.45) is 5.10 Å². The van der Waals surface area contributed by atoms with Gasteiger partial charge < -0.3 is 9.47 Å². The zero-order valence-electron chi connectivity index (χ0n) is 16.1. The van der Waals surface area contributed by atoms with E-state index in [-0.39, 0.29) is 5.69 Å². The molecule has 8 nitrogen and oxygen atoms in total. The molecular formula is C21H19BrN4O4. The molecular weight excluding hydrogens is 452 g/mol. The Hall–Kier alpha value is -3.46. The van der Waals surface area contributed by atoms with Crippen molar-refractivity contribution in [2.45, 2.75) is 13.5 Å². The number of halogens is 1. The first-order chi connectivity index (χ1) is 14.6. The maximum atomic E-state index is 10.7. The Morgan fingerprint density at radius 2 is 2.00 bits per heavy atom. The molecule has 1 heterocycles. The fourth-order valence-corrected chi connectivity index (χ4v) is 3.10. The first-order valence-electron chi connectivity index (χ1n) is 9.09. The monoisotopic (exact) mass is 470 g/mol. The smallest absolute Gasteiger partial charge is 0.287 e. The molecule has 0 fully saturated rings. The lowest BCUT2D eigenvalue weighted by Crippen LogP contribution is -2.02. The van der Waals surface area contributed by atoms with Gasteiger partial charge in [0, 0.05) is 6.07 Å². The largest absolute Gasteiger partial charge is 0.490 e. The molecule has 0 unspecified atom stereocenters. The number of anilines is 1. The van der Waals surface area contributed by atoms with Crippen molar-refractivity contribution >= 4 is 33.6 Å². The summed E-state index contributed by atoms with van der Waals surface area (Å²) in [5.74, 6) is 1.60. The average molecular weight is 471 g/mol. The number of hydrogen-bond acceptors (Lipinski definition) is 7. The molecule has 0 radical (unpaired) electrons. The van der Waals surface area contributed by atoms with Gasteiger partial charge in [0.15, 0.2) is 11.5 Å². The van der Waals surface area contributed by atoms with E-state index in [2.05, 4.69) is 31.4 Å². The molecule has 0 aliphatic carbocycles. The van der Waals surface area contributed by atoms with Crippen LogP contribution in [-0.4, -0.2) is 22.7 Å². The summed E-state index contributed by atoms with van der Waals surface area (Å²) in [7, 11) is 0. The van der Waals surface area contributed by atoms with Crippen LogP contribution in [0, 0.1) is 10.1 Å². The molecule has 0 bridgehead atoms. The van der Waals surface area contributed by atoms with Gasteiger partial charge in [-0.1, -0.05) is 30.3 Å². The molecule has 0 spiro atoms. The lowest BCUT2D eigenvalue weighted by molar-refractivity contribution is -0.385. The molecule has 30 heavy (non-hydrogen) atoms. The van der Waals surface area contributed by atoms with E-state index in [1.165, 1.54) is 18.3 Å². The molecule has 0 atom stereocenters. The number of nitro groups is 1. The molecule has 1 aromatic heterocycles. The minimum atomic E-state index is -0.506. The standard InChI is InChI=1S/C21H19BrN4O4/c1-2-29-19-11-16(12-24-25-20-9-8-17(13-23-20)26(27)28)10-18(22)21(19)30-14-15-6-4-3-5-7-15/h3-13H,2,14H2,1H3,(H,23,25)/b24-12+. The Kier molecular flexibility index (Phi) is 7.34. The van der Waals surface area contributed by atoms with Crippen molar-refractivity contribution < 1.29 is 14.4 Å². The first kappa shape index (κ1) is 21.3. The Morgan fingerprint density at radius 3 is 2.67 bits per heavy atom. The van der Waals surface area contributed by atoms with Crippen LogP contribution in [0.4, 0.5) is 11.5 Å². The van der Waals surface area contributed by atoms with Gasteiger partial charge >= 0.3 is 0 Å². The summed E-state index contributed by atoms with van der Waals surface area (Å²) >= 11 is 3.54. The number of benzene rings is 2. The maximum absolute atomic E-state index is 10.7. The maximum Gasteiger partial charge on any atom is 0.287 e. The van der Waals surface area contributed by atoms with Gasteiger partial charge in [-0.2, -0.15) is 5.10 Å². The molecule has 0 saturated heterocycles. The van der Waals surface area contributed by atoms with Crippen molar-refractivity contribution in [2.75, 3.05) is 12.0 Å². The topological polar surface area (TPSA) is 98.9 Å². The Morgan fingerprint density at radius 1 is 1.20 bits per heavy atom. The molecule has 0 aliphatic rings. The van der Waals surface area contributed by atoms with Crippen LogP contribution in [0.15, 0.2) is 70.4 Å². The number of rotatable bonds is 9. The van der Waals surface area contributed by atoms with Gasteiger partial charge in [0.2, 0.25) is 0 Å². The molecule has 0 aliphatic heterocycles. The third-order valence-electron chi connectivity index (χ3n) is 3.91. The molecule has 154 valence electrons. The number of hydrogen-bond donors (Lipinski definition) is 1. The molecule has 2 aromatic carbocycles. The number of aromatic nitrogens is 1. The molecule has 3 aromatic rings. The summed E-state index contributed by atoms with van der Waals surface area (Å²) in [5.41, 5.74) is 4.48. The van der Waals surface area contributed by atoms with Gasteiger partial charge in [0.25, 0.3) is 5.69 Å². The predicted molar refractivity (Wildman–Crippen MR) is 118 cm³/mol. The van der Waals surface area contributed by atoms with Gasteiger partial charge in [0.1, 0.15) is 18.6 Å². The Bertz CT molecular complexity index is 1030. The van der Waals surface area contributed by atoms with E-state index in [9.17, 15) is 10.1 Å². The van der Waals surface area contributed by atoms with Gasteiger partial charge in [-0.15, -0.1) is 0 Å².